The molecule has 0 aliphatic rings. The van der Waals surface area contributed by atoms with Gasteiger partial charge in [0.2, 0.25) is 5.91 Å². The lowest BCUT2D eigenvalue weighted by Crippen LogP contribution is -2.30. The quantitative estimate of drug-likeness (QED) is 0.800. The zero-order valence-electron chi connectivity index (χ0n) is 13.7. The van der Waals surface area contributed by atoms with E-state index in [1.54, 1.807) is 19.9 Å². The van der Waals surface area contributed by atoms with E-state index >= 15 is 0 Å². The van der Waals surface area contributed by atoms with Crippen LogP contribution >= 0.6 is 0 Å². The first-order chi connectivity index (χ1) is 10.6. The second-order valence-electron chi connectivity index (χ2n) is 6.22. The van der Waals surface area contributed by atoms with Crippen LogP contribution in [0.5, 0.6) is 0 Å². The van der Waals surface area contributed by atoms with Gasteiger partial charge in [-0.15, -0.1) is 0 Å². The number of amides is 1. The molecule has 0 spiro atoms. The fourth-order valence-electron chi connectivity index (χ4n) is 2.44. The van der Waals surface area contributed by atoms with Crippen LogP contribution in [0.2, 0.25) is 0 Å². The van der Waals surface area contributed by atoms with Crippen LogP contribution in [0.15, 0.2) is 24.3 Å². The summed E-state index contributed by atoms with van der Waals surface area (Å²) in [5.74, 6) is -0.362. The molecule has 23 heavy (non-hydrogen) atoms. The maximum atomic E-state index is 12.7. The summed E-state index contributed by atoms with van der Waals surface area (Å²) >= 11 is 0. The molecule has 1 amide bonds. The van der Waals surface area contributed by atoms with E-state index < -0.39 is 17.8 Å². The monoisotopic (exact) mass is 331 g/mol. The Morgan fingerprint density at radius 3 is 2.48 bits per heavy atom. The minimum Gasteiger partial charge on any atom is -0.393 e. The van der Waals surface area contributed by atoms with Crippen LogP contribution in [0.3, 0.4) is 0 Å². The molecule has 0 aliphatic carbocycles. The molecule has 0 bridgehead atoms. The molecule has 130 valence electrons. The van der Waals surface area contributed by atoms with Crippen LogP contribution in [0.25, 0.3) is 0 Å². The Balaban J connectivity index is 2.55. The van der Waals surface area contributed by atoms with E-state index in [-0.39, 0.29) is 24.2 Å². The van der Waals surface area contributed by atoms with Crippen LogP contribution in [0.4, 0.5) is 13.2 Å². The van der Waals surface area contributed by atoms with Crippen molar-refractivity contribution in [2.75, 3.05) is 6.54 Å². The molecule has 0 saturated carbocycles. The normalized spacial score (nSPS) is 15.8. The number of aliphatic hydroxyl groups is 1. The van der Waals surface area contributed by atoms with E-state index in [1.165, 1.54) is 6.07 Å². The first-order valence-electron chi connectivity index (χ1n) is 7.71. The van der Waals surface area contributed by atoms with Gasteiger partial charge in [-0.2, -0.15) is 13.2 Å². The van der Waals surface area contributed by atoms with Gasteiger partial charge in [-0.3, -0.25) is 4.79 Å². The van der Waals surface area contributed by atoms with Crippen molar-refractivity contribution in [3.05, 3.63) is 35.4 Å². The zero-order valence-corrected chi connectivity index (χ0v) is 13.7. The molecular weight excluding hydrogens is 307 g/mol. The summed E-state index contributed by atoms with van der Waals surface area (Å²) in [7, 11) is 0. The fourth-order valence-corrected chi connectivity index (χ4v) is 2.44. The average Bonchev–Trinajstić information content (AvgIpc) is 2.43. The molecule has 3 unspecified atom stereocenters. The number of halogens is 3. The molecule has 0 aromatic heterocycles. The number of carbonyl (C=O) groups is 1. The molecule has 2 N–H and O–H groups in total. The SMILES string of the molecule is CC(O)CC(C)CNC(=O)CC(C)c1cccc(C(F)(F)F)c1. The van der Waals surface area contributed by atoms with E-state index in [0.29, 0.717) is 18.5 Å². The summed E-state index contributed by atoms with van der Waals surface area (Å²) in [4.78, 5) is 11.9. The molecule has 0 saturated heterocycles. The van der Waals surface area contributed by atoms with Crippen LogP contribution < -0.4 is 5.32 Å². The van der Waals surface area contributed by atoms with Gasteiger partial charge in [0.25, 0.3) is 0 Å². The predicted octanol–water partition coefficient (Wildman–Crippen LogP) is 3.72. The van der Waals surface area contributed by atoms with Crippen LogP contribution in [-0.4, -0.2) is 23.7 Å². The molecule has 1 aromatic rings. The van der Waals surface area contributed by atoms with Gasteiger partial charge in [0.05, 0.1) is 11.7 Å². The molecular formula is C17H24F3NO2. The minimum atomic E-state index is -4.38. The smallest absolute Gasteiger partial charge is 0.393 e. The molecule has 6 heteroatoms. The molecule has 1 aromatic carbocycles. The molecule has 0 heterocycles. The molecule has 3 nitrogen and oxygen atoms in total. The number of hydrogen-bond acceptors (Lipinski definition) is 2. The number of rotatable bonds is 7. The highest BCUT2D eigenvalue weighted by Gasteiger charge is 2.30. The second kappa shape index (κ2) is 8.34. The molecule has 0 fully saturated rings. The summed E-state index contributed by atoms with van der Waals surface area (Å²) in [5, 5.41) is 12.0. The van der Waals surface area contributed by atoms with Gasteiger partial charge in [0, 0.05) is 13.0 Å². The van der Waals surface area contributed by atoms with Crippen molar-refractivity contribution in [3.63, 3.8) is 0 Å². The third kappa shape index (κ3) is 7.03. The van der Waals surface area contributed by atoms with Crippen LogP contribution in [0.1, 0.15) is 50.7 Å². The van der Waals surface area contributed by atoms with Crippen LogP contribution in [0, 0.1) is 5.92 Å². The maximum Gasteiger partial charge on any atom is 0.416 e. The fraction of sp³-hybridized carbons (Fsp3) is 0.588. The van der Waals surface area contributed by atoms with Crippen molar-refractivity contribution in [1.82, 2.24) is 5.32 Å². The van der Waals surface area contributed by atoms with Gasteiger partial charge < -0.3 is 10.4 Å². The Morgan fingerprint density at radius 1 is 1.26 bits per heavy atom. The van der Waals surface area contributed by atoms with Gasteiger partial charge in [0.1, 0.15) is 0 Å². The lowest BCUT2D eigenvalue weighted by Gasteiger charge is -2.17. The average molecular weight is 331 g/mol. The Kier molecular flexibility index (Phi) is 7.06. The first kappa shape index (κ1) is 19.5. The highest BCUT2D eigenvalue weighted by atomic mass is 19.4. The maximum absolute atomic E-state index is 12.7. The number of hydrogen-bond donors (Lipinski definition) is 2. The van der Waals surface area contributed by atoms with Crippen molar-refractivity contribution in [2.24, 2.45) is 5.92 Å². The summed E-state index contributed by atoms with van der Waals surface area (Å²) in [6, 6.07) is 5.07. The molecule has 0 radical (unpaired) electrons. The van der Waals surface area contributed by atoms with Crippen molar-refractivity contribution >= 4 is 5.91 Å². The summed E-state index contributed by atoms with van der Waals surface area (Å²) in [5.41, 5.74) is -0.209. The lowest BCUT2D eigenvalue weighted by atomic mass is 9.95. The van der Waals surface area contributed by atoms with E-state index in [2.05, 4.69) is 5.32 Å². The highest BCUT2D eigenvalue weighted by molar-refractivity contribution is 5.76. The Labute approximate surface area is 134 Å². The molecule has 3 atom stereocenters. The van der Waals surface area contributed by atoms with E-state index in [1.807, 2.05) is 6.92 Å². The molecule has 0 aliphatic heterocycles. The topological polar surface area (TPSA) is 49.3 Å². The number of benzene rings is 1. The predicted molar refractivity (Wildman–Crippen MR) is 82.9 cm³/mol. The second-order valence-corrected chi connectivity index (χ2v) is 6.22. The van der Waals surface area contributed by atoms with Crippen molar-refractivity contribution in [3.8, 4) is 0 Å². The Bertz CT molecular complexity index is 515. The number of aliphatic hydroxyl groups excluding tert-OH is 1. The summed E-state index contributed by atoms with van der Waals surface area (Å²) < 4.78 is 38.1. The van der Waals surface area contributed by atoms with E-state index in [0.717, 1.165) is 12.1 Å². The largest absolute Gasteiger partial charge is 0.416 e. The minimum absolute atomic E-state index is 0.128. The summed E-state index contributed by atoms with van der Waals surface area (Å²) in [6.07, 6.45) is -4.09. The van der Waals surface area contributed by atoms with E-state index in [4.69, 9.17) is 0 Å². The highest BCUT2D eigenvalue weighted by Crippen LogP contribution is 2.31. The van der Waals surface area contributed by atoms with Gasteiger partial charge in [-0.05, 0) is 36.8 Å². The van der Waals surface area contributed by atoms with Crippen molar-refractivity contribution < 1.29 is 23.1 Å². The van der Waals surface area contributed by atoms with Crippen LogP contribution in [-0.2, 0) is 11.0 Å². The lowest BCUT2D eigenvalue weighted by molar-refractivity contribution is -0.137. The molecule has 1 rings (SSSR count). The third-order valence-corrected chi connectivity index (χ3v) is 3.67. The van der Waals surface area contributed by atoms with Crippen molar-refractivity contribution in [2.45, 2.75) is 51.8 Å². The van der Waals surface area contributed by atoms with Gasteiger partial charge in [-0.1, -0.05) is 32.0 Å². The Hall–Kier alpha value is -1.56. The van der Waals surface area contributed by atoms with E-state index in [9.17, 15) is 23.1 Å². The zero-order chi connectivity index (χ0) is 17.6. The van der Waals surface area contributed by atoms with Gasteiger partial charge in [-0.25, -0.2) is 0 Å². The van der Waals surface area contributed by atoms with Gasteiger partial charge >= 0.3 is 6.18 Å². The number of nitrogens with one attached hydrogen (secondary N) is 1. The standard InChI is InChI=1S/C17H24F3NO2/c1-11(7-13(3)22)10-21-16(23)8-12(2)14-5-4-6-15(9-14)17(18,19)20/h4-6,9,11-13,22H,7-8,10H2,1-3H3,(H,21,23). The van der Waals surface area contributed by atoms with Gasteiger partial charge in [0.15, 0.2) is 0 Å². The number of carbonyl (C=O) groups excluding carboxylic acids is 1. The first-order valence-corrected chi connectivity index (χ1v) is 7.71. The number of alkyl halides is 3. The third-order valence-electron chi connectivity index (χ3n) is 3.67. The van der Waals surface area contributed by atoms with Crippen molar-refractivity contribution in [1.29, 1.82) is 0 Å². The Morgan fingerprint density at radius 2 is 1.91 bits per heavy atom. The summed E-state index contributed by atoms with van der Waals surface area (Å²) in [6.45, 7) is 5.78.